The third-order valence-corrected chi connectivity index (χ3v) is 2.62. The Morgan fingerprint density at radius 2 is 1.88 bits per heavy atom. The van der Waals surface area contributed by atoms with E-state index in [9.17, 15) is 0 Å². The third-order valence-electron chi connectivity index (χ3n) is 2.62. The van der Waals surface area contributed by atoms with Gasteiger partial charge in [-0.25, -0.2) is 0 Å². The van der Waals surface area contributed by atoms with Gasteiger partial charge in [-0.3, -0.25) is 0 Å². The van der Waals surface area contributed by atoms with Gasteiger partial charge in [0, 0.05) is 19.3 Å². The van der Waals surface area contributed by atoms with Crippen LogP contribution >= 0.6 is 0 Å². The van der Waals surface area contributed by atoms with E-state index in [0.29, 0.717) is 0 Å². The van der Waals surface area contributed by atoms with E-state index < -0.39 is 0 Å². The number of nitrogens with zero attached hydrogens (tertiary/aromatic N) is 1. The highest BCUT2D eigenvalue weighted by Crippen LogP contribution is 2.11. The lowest BCUT2D eigenvalue weighted by atomic mass is 10.1. The summed E-state index contributed by atoms with van der Waals surface area (Å²) in [5, 5.41) is 0. The molecular formula is C14H22N2. The van der Waals surface area contributed by atoms with Gasteiger partial charge >= 0.3 is 0 Å². The minimum absolute atomic E-state index is 0.843. The Morgan fingerprint density at radius 1 is 1.25 bits per heavy atom. The molecule has 1 aromatic rings. The van der Waals surface area contributed by atoms with Crippen LogP contribution in [0.15, 0.2) is 30.5 Å². The van der Waals surface area contributed by atoms with Crippen LogP contribution in [0.1, 0.15) is 31.4 Å². The molecule has 2 heteroatoms. The first-order valence-electron chi connectivity index (χ1n) is 5.95. The maximum atomic E-state index is 6.07. The minimum atomic E-state index is 0.843. The van der Waals surface area contributed by atoms with Gasteiger partial charge in [0.1, 0.15) is 0 Å². The summed E-state index contributed by atoms with van der Waals surface area (Å²) in [6, 6.07) is 8.32. The average molecular weight is 218 g/mol. The topological polar surface area (TPSA) is 29.3 Å². The fraction of sp³-hybridized carbons (Fsp3) is 0.429. The van der Waals surface area contributed by atoms with E-state index in [4.69, 9.17) is 5.73 Å². The second kappa shape index (κ2) is 6.21. The zero-order valence-electron chi connectivity index (χ0n) is 10.5. The van der Waals surface area contributed by atoms with E-state index in [1.54, 1.807) is 0 Å². The van der Waals surface area contributed by atoms with E-state index in [1.807, 2.05) is 6.20 Å². The largest absolute Gasteiger partial charge is 0.397 e. The van der Waals surface area contributed by atoms with E-state index in [2.05, 4.69) is 49.9 Å². The Labute approximate surface area is 98.8 Å². The van der Waals surface area contributed by atoms with Crippen LogP contribution in [0.25, 0.3) is 5.70 Å². The monoisotopic (exact) mass is 218 g/mol. The third kappa shape index (κ3) is 3.61. The molecule has 0 amide bonds. The maximum absolute atomic E-state index is 6.07. The summed E-state index contributed by atoms with van der Waals surface area (Å²) in [5.74, 6) is 0. The molecule has 0 fully saturated rings. The van der Waals surface area contributed by atoms with Crippen LogP contribution in [0.2, 0.25) is 0 Å². The Morgan fingerprint density at radius 3 is 2.38 bits per heavy atom. The molecule has 0 spiro atoms. The van der Waals surface area contributed by atoms with Gasteiger partial charge < -0.3 is 10.6 Å². The van der Waals surface area contributed by atoms with Gasteiger partial charge in [-0.1, -0.05) is 36.8 Å². The Balaban J connectivity index is 2.78. The highest BCUT2D eigenvalue weighted by molar-refractivity contribution is 5.62. The van der Waals surface area contributed by atoms with Crippen LogP contribution in [0.3, 0.4) is 0 Å². The molecule has 0 aliphatic heterocycles. The lowest BCUT2D eigenvalue weighted by molar-refractivity contribution is 0.397. The molecule has 88 valence electrons. The smallest absolute Gasteiger partial charge is 0.0549 e. The molecule has 1 aromatic carbocycles. The number of hydrogen-bond acceptors (Lipinski definition) is 2. The fourth-order valence-electron chi connectivity index (χ4n) is 1.62. The van der Waals surface area contributed by atoms with E-state index in [-0.39, 0.29) is 0 Å². The second-order valence-corrected chi connectivity index (χ2v) is 4.08. The molecule has 1 rings (SSSR count). The number of benzene rings is 1. The molecule has 0 saturated heterocycles. The molecule has 0 saturated carbocycles. The normalized spacial score (nSPS) is 11.6. The molecular weight excluding hydrogens is 196 g/mol. The minimum Gasteiger partial charge on any atom is -0.397 e. The summed E-state index contributed by atoms with van der Waals surface area (Å²) in [7, 11) is 0. The van der Waals surface area contributed by atoms with Crippen molar-refractivity contribution in [3.63, 3.8) is 0 Å². The summed E-state index contributed by atoms with van der Waals surface area (Å²) < 4.78 is 0. The molecule has 2 nitrogen and oxygen atoms in total. The number of rotatable bonds is 5. The first kappa shape index (κ1) is 12.6. The summed E-state index contributed by atoms with van der Waals surface area (Å²) in [4.78, 5) is 2.25. The fourth-order valence-corrected chi connectivity index (χ4v) is 1.62. The molecule has 16 heavy (non-hydrogen) atoms. The van der Waals surface area contributed by atoms with Crippen LogP contribution in [-0.4, -0.2) is 18.0 Å². The van der Waals surface area contributed by atoms with Gasteiger partial charge in [0.2, 0.25) is 0 Å². The predicted molar refractivity (Wildman–Crippen MR) is 70.9 cm³/mol. The van der Waals surface area contributed by atoms with Gasteiger partial charge in [0.25, 0.3) is 0 Å². The zero-order valence-corrected chi connectivity index (χ0v) is 10.5. The molecule has 0 aliphatic rings. The number of aryl methyl sites for hydroxylation is 1. The number of hydrogen-bond donors (Lipinski definition) is 1. The van der Waals surface area contributed by atoms with Crippen LogP contribution < -0.4 is 5.73 Å². The lowest BCUT2D eigenvalue weighted by Gasteiger charge is -2.18. The number of nitrogens with two attached hydrogens (primary N) is 1. The van der Waals surface area contributed by atoms with Gasteiger partial charge in [-0.05, 0) is 25.8 Å². The van der Waals surface area contributed by atoms with E-state index in [0.717, 1.165) is 30.8 Å². The Kier molecular flexibility index (Phi) is 4.90. The van der Waals surface area contributed by atoms with Crippen LogP contribution in [-0.2, 0) is 0 Å². The van der Waals surface area contributed by atoms with Gasteiger partial charge in [0.15, 0.2) is 0 Å². The predicted octanol–water partition coefficient (Wildman–Crippen LogP) is 2.98. The van der Waals surface area contributed by atoms with E-state index >= 15 is 0 Å². The molecule has 0 unspecified atom stereocenters. The van der Waals surface area contributed by atoms with Crippen molar-refractivity contribution in [2.45, 2.75) is 27.2 Å². The molecule has 2 N–H and O–H groups in total. The van der Waals surface area contributed by atoms with E-state index in [1.165, 1.54) is 5.56 Å². The SMILES string of the molecule is CCCN(/C=C(\N)c1ccc(C)cc1)CC. The Hall–Kier alpha value is -1.44. The summed E-state index contributed by atoms with van der Waals surface area (Å²) in [6.45, 7) is 8.47. The zero-order chi connectivity index (χ0) is 12.0. The standard InChI is InChI=1S/C14H22N2/c1-4-10-16(5-2)11-14(15)13-8-6-12(3)7-9-13/h6-9,11H,4-5,10,15H2,1-3H3/b14-11-. The summed E-state index contributed by atoms with van der Waals surface area (Å²) >= 11 is 0. The Bertz CT molecular complexity index is 338. The second-order valence-electron chi connectivity index (χ2n) is 4.08. The van der Waals surface area contributed by atoms with Crippen LogP contribution in [0.4, 0.5) is 0 Å². The summed E-state index contributed by atoms with van der Waals surface area (Å²) in [5.41, 5.74) is 9.27. The molecule has 0 bridgehead atoms. The first-order valence-corrected chi connectivity index (χ1v) is 5.95. The van der Waals surface area contributed by atoms with Crippen molar-refractivity contribution in [2.24, 2.45) is 5.73 Å². The van der Waals surface area contributed by atoms with Crippen molar-refractivity contribution < 1.29 is 0 Å². The van der Waals surface area contributed by atoms with Crippen molar-refractivity contribution in [1.82, 2.24) is 4.90 Å². The van der Waals surface area contributed by atoms with Crippen molar-refractivity contribution in [3.05, 3.63) is 41.6 Å². The van der Waals surface area contributed by atoms with Gasteiger partial charge in [0.05, 0.1) is 5.70 Å². The van der Waals surface area contributed by atoms with Gasteiger partial charge in [-0.15, -0.1) is 0 Å². The summed E-state index contributed by atoms with van der Waals surface area (Å²) in [6.07, 6.45) is 3.19. The van der Waals surface area contributed by atoms with Crippen LogP contribution in [0.5, 0.6) is 0 Å². The highest BCUT2D eigenvalue weighted by Gasteiger charge is 1.99. The van der Waals surface area contributed by atoms with Crippen LogP contribution in [0, 0.1) is 6.92 Å². The van der Waals surface area contributed by atoms with Crippen molar-refractivity contribution >= 4 is 5.70 Å². The van der Waals surface area contributed by atoms with Crippen molar-refractivity contribution in [3.8, 4) is 0 Å². The molecule has 0 radical (unpaired) electrons. The molecule has 0 aromatic heterocycles. The molecule has 0 aliphatic carbocycles. The maximum Gasteiger partial charge on any atom is 0.0549 e. The molecule has 0 heterocycles. The van der Waals surface area contributed by atoms with Gasteiger partial charge in [-0.2, -0.15) is 0 Å². The average Bonchev–Trinajstić information content (AvgIpc) is 2.29. The first-order chi connectivity index (χ1) is 7.67. The quantitative estimate of drug-likeness (QED) is 0.823. The van der Waals surface area contributed by atoms with Crippen molar-refractivity contribution in [1.29, 1.82) is 0 Å². The lowest BCUT2D eigenvalue weighted by Crippen LogP contribution is -2.19. The molecule has 0 atom stereocenters. The van der Waals surface area contributed by atoms with Crippen molar-refractivity contribution in [2.75, 3.05) is 13.1 Å². The highest BCUT2D eigenvalue weighted by atomic mass is 15.1.